The fraction of sp³-hybridized carbons (Fsp3) is 0.333. The maximum Gasteiger partial charge on any atom is 0.281 e. The average Bonchev–Trinajstić information content (AvgIpc) is 2.59. The molecule has 0 atom stereocenters. The Morgan fingerprint density at radius 3 is 2.64 bits per heavy atom. The van der Waals surface area contributed by atoms with Crippen LogP contribution in [0.25, 0.3) is 0 Å². The lowest BCUT2D eigenvalue weighted by atomic mass is 10.1. The summed E-state index contributed by atoms with van der Waals surface area (Å²) in [5.74, 6) is -0.305. The van der Waals surface area contributed by atoms with Crippen molar-refractivity contribution >= 4 is 27.3 Å². The van der Waals surface area contributed by atoms with Crippen LogP contribution in [0.15, 0.2) is 43.8 Å². The van der Waals surface area contributed by atoms with E-state index in [1.54, 1.807) is 13.0 Å². The number of hydrogen-bond acceptors (Lipinski definition) is 5. The Balaban J connectivity index is 2.54. The first kappa shape index (κ1) is 18.9. The molecule has 2 rings (SSSR count). The Labute approximate surface area is 154 Å². The van der Waals surface area contributed by atoms with Crippen molar-refractivity contribution < 1.29 is 5.11 Å². The number of benzene rings is 1. The van der Waals surface area contributed by atoms with Crippen LogP contribution in [0.1, 0.15) is 37.3 Å². The number of nitrogens with zero attached hydrogens (tertiary/aromatic N) is 4. The second kappa shape index (κ2) is 8.58. The fourth-order valence-corrected chi connectivity index (χ4v) is 2.79. The molecule has 0 spiro atoms. The van der Waals surface area contributed by atoms with Crippen molar-refractivity contribution in [3.8, 4) is 11.9 Å². The summed E-state index contributed by atoms with van der Waals surface area (Å²) in [4.78, 5) is 12.7. The van der Waals surface area contributed by atoms with Crippen LogP contribution in [0.2, 0.25) is 0 Å². The molecule has 0 saturated carbocycles. The Morgan fingerprint density at radius 1 is 1.28 bits per heavy atom. The third kappa shape index (κ3) is 4.15. The zero-order valence-electron chi connectivity index (χ0n) is 14.2. The van der Waals surface area contributed by atoms with Crippen LogP contribution >= 0.6 is 15.9 Å². The Morgan fingerprint density at radius 2 is 2.00 bits per heavy atom. The largest absolute Gasteiger partial charge is 0.493 e. The first-order valence-electron chi connectivity index (χ1n) is 8.04. The van der Waals surface area contributed by atoms with Gasteiger partial charge in [0, 0.05) is 16.6 Å². The summed E-state index contributed by atoms with van der Waals surface area (Å²) < 4.78 is 1.95. The van der Waals surface area contributed by atoms with Crippen LogP contribution in [-0.2, 0) is 6.54 Å². The second-order valence-electron chi connectivity index (χ2n) is 5.60. The summed E-state index contributed by atoms with van der Waals surface area (Å²) in [6, 6.07) is 9.19. The molecule has 1 aromatic heterocycles. The van der Waals surface area contributed by atoms with Gasteiger partial charge < -0.3 is 5.11 Å². The van der Waals surface area contributed by atoms with Gasteiger partial charge in [-0.05, 0) is 41.4 Å². The van der Waals surface area contributed by atoms with Gasteiger partial charge in [-0.15, -0.1) is 10.2 Å². The first-order chi connectivity index (χ1) is 12.0. The molecule has 0 saturated heterocycles. The lowest BCUT2D eigenvalue weighted by Crippen LogP contribution is -2.22. The molecule has 0 amide bonds. The van der Waals surface area contributed by atoms with Crippen LogP contribution in [0.5, 0.6) is 5.88 Å². The summed E-state index contributed by atoms with van der Waals surface area (Å²) in [6.45, 7) is 3.98. The molecule has 0 bridgehead atoms. The van der Waals surface area contributed by atoms with Gasteiger partial charge in [0.05, 0.1) is 5.69 Å². The molecule has 0 fully saturated rings. The smallest absolute Gasteiger partial charge is 0.281 e. The molecule has 6 nitrogen and oxygen atoms in total. The number of azo groups is 1. The highest BCUT2D eigenvalue weighted by atomic mass is 79.9. The number of unbranched alkanes of at least 4 members (excludes halogenated alkanes) is 2. The minimum atomic E-state index is -0.444. The maximum absolute atomic E-state index is 12.7. The molecule has 2 aromatic rings. The van der Waals surface area contributed by atoms with E-state index in [1.165, 1.54) is 4.57 Å². The van der Waals surface area contributed by atoms with Crippen molar-refractivity contribution in [1.29, 1.82) is 5.26 Å². The molecule has 1 aromatic carbocycles. The SMILES string of the molecule is CCCCCn1c(O)c(C#N)c(C)c(N=Nc2ccccc2Br)c1=O. The molecule has 0 unspecified atom stereocenters. The lowest BCUT2D eigenvalue weighted by Gasteiger charge is -2.12. The lowest BCUT2D eigenvalue weighted by molar-refractivity contribution is 0.398. The average molecular weight is 403 g/mol. The molecule has 0 radical (unpaired) electrons. The number of aromatic hydroxyl groups is 1. The van der Waals surface area contributed by atoms with E-state index in [9.17, 15) is 15.2 Å². The normalized spacial score (nSPS) is 11.0. The van der Waals surface area contributed by atoms with Crippen LogP contribution in [0.3, 0.4) is 0 Å². The Bertz CT molecular complexity index is 897. The summed E-state index contributed by atoms with van der Waals surface area (Å²) in [5, 5.41) is 27.8. The van der Waals surface area contributed by atoms with E-state index >= 15 is 0 Å². The maximum atomic E-state index is 12.7. The Kier molecular flexibility index (Phi) is 6.48. The van der Waals surface area contributed by atoms with Gasteiger partial charge in [-0.3, -0.25) is 9.36 Å². The topological polar surface area (TPSA) is 90.7 Å². The molecule has 0 aliphatic rings. The van der Waals surface area contributed by atoms with Gasteiger partial charge >= 0.3 is 0 Å². The number of hydrogen-bond donors (Lipinski definition) is 1. The third-order valence-corrected chi connectivity index (χ3v) is 4.54. The van der Waals surface area contributed by atoms with Crippen molar-refractivity contribution in [3.63, 3.8) is 0 Å². The van der Waals surface area contributed by atoms with Gasteiger partial charge in [-0.1, -0.05) is 31.9 Å². The molecule has 130 valence electrons. The van der Waals surface area contributed by atoms with Crippen molar-refractivity contribution in [1.82, 2.24) is 4.57 Å². The van der Waals surface area contributed by atoms with Crippen LogP contribution in [0, 0.1) is 18.3 Å². The van der Waals surface area contributed by atoms with Crippen molar-refractivity contribution in [2.75, 3.05) is 0 Å². The predicted octanol–water partition coefficient (Wildman–Crippen LogP) is 5.10. The monoisotopic (exact) mass is 402 g/mol. The number of aromatic nitrogens is 1. The van der Waals surface area contributed by atoms with Crippen molar-refractivity contribution in [2.24, 2.45) is 10.2 Å². The first-order valence-corrected chi connectivity index (χ1v) is 8.83. The highest BCUT2D eigenvalue weighted by molar-refractivity contribution is 9.10. The van der Waals surface area contributed by atoms with E-state index in [1.807, 2.05) is 24.3 Å². The van der Waals surface area contributed by atoms with E-state index in [0.717, 1.165) is 23.7 Å². The standard InChI is InChI=1S/C18H19BrN4O2/c1-3-4-7-10-23-17(24)13(11-20)12(2)16(18(23)25)22-21-15-9-6-5-8-14(15)19/h5-6,8-9,24H,3-4,7,10H2,1-2H3. The molecule has 7 heteroatoms. The van der Waals surface area contributed by atoms with Crippen molar-refractivity contribution in [2.45, 2.75) is 39.7 Å². The molecular weight excluding hydrogens is 384 g/mol. The van der Waals surface area contributed by atoms with Crippen LogP contribution in [-0.4, -0.2) is 9.67 Å². The molecule has 0 aliphatic carbocycles. The van der Waals surface area contributed by atoms with Gasteiger partial charge in [0.1, 0.15) is 11.6 Å². The van der Waals surface area contributed by atoms with Gasteiger partial charge in [0.15, 0.2) is 5.69 Å². The quantitative estimate of drug-likeness (QED) is 0.537. The minimum absolute atomic E-state index is 0.0529. The number of nitriles is 1. The highest BCUT2D eigenvalue weighted by Crippen LogP contribution is 2.29. The van der Waals surface area contributed by atoms with Gasteiger partial charge in [-0.2, -0.15) is 5.26 Å². The number of rotatable bonds is 6. The van der Waals surface area contributed by atoms with Crippen molar-refractivity contribution in [3.05, 3.63) is 50.2 Å². The van der Waals surface area contributed by atoms with Gasteiger partial charge in [0.2, 0.25) is 5.88 Å². The van der Waals surface area contributed by atoms with E-state index in [0.29, 0.717) is 17.8 Å². The zero-order valence-corrected chi connectivity index (χ0v) is 15.7. The predicted molar refractivity (Wildman–Crippen MR) is 99.7 cm³/mol. The molecule has 25 heavy (non-hydrogen) atoms. The summed E-state index contributed by atoms with van der Waals surface area (Å²) >= 11 is 3.37. The molecule has 1 N–H and O–H groups in total. The number of halogens is 1. The summed E-state index contributed by atoms with van der Waals surface area (Å²) in [6.07, 6.45) is 2.65. The molecule has 1 heterocycles. The van der Waals surface area contributed by atoms with E-state index in [2.05, 4.69) is 33.1 Å². The molecule has 0 aliphatic heterocycles. The molecular formula is C18H19BrN4O2. The van der Waals surface area contributed by atoms with Gasteiger partial charge in [-0.25, -0.2) is 0 Å². The fourth-order valence-electron chi connectivity index (χ4n) is 2.42. The van der Waals surface area contributed by atoms with Crippen LogP contribution < -0.4 is 5.56 Å². The van der Waals surface area contributed by atoms with Crippen LogP contribution in [0.4, 0.5) is 11.4 Å². The summed E-state index contributed by atoms with van der Waals surface area (Å²) in [7, 11) is 0. The Hall–Kier alpha value is -2.46. The summed E-state index contributed by atoms with van der Waals surface area (Å²) in [5.41, 5.74) is 0.581. The van der Waals surface area contributed by atoms with Gasteiger partial charge in [0.25, 0.3) is 5.56 Å². The highest BCUT2D eigenvalue weighted by Gasteiger charge is 2.18. The van der Waals surface area contributed by atoms with E-state index in [-0.39, 0.29) is 17.1 Å². The van der Waals surface area contributed by atoms with E-state index < -0.39 is 5.56 Å². The number of pyridine rings is 1. The second-order valence-corrected chi connectivity index (χ2v) is 6.45. The minimum Gasteiger partial charge on any atom is -0.493 e. The van der Waals surface area contributed by atoms with E-state index in [4.69, 9.17) is 0 Å². The zero-order chi connectivity index (χ0) is 18.4. The third-order valence-electron chi connectivity index (χ3n) is 3.86.